The Morgan fingerprint density at radius 3 is 2.81 bits per heavy atom. The highest BCUT2D eigenvalue weighted by atomic mass is 16.2. The zero-order valence-corrected chi connectivity index (χ0v) is 14.2. The summed E-state index contributed by atoms with van der Waals surface area (Å²) in [7, 11) is 0. The lowest BCUT2D eigenvalue weighted by atomic mass is 10.0. The van der Waals surface area contributed by atoms with Crippen molar-refractivity contribution in [2.24, 2.45) is 5.73 Å². The standard InChI is InChI=1S/C19H19N5O2/c20-18(25)17-14(6-3-9-21-17)19(26)23-10-4-5-13(11-23)24-12-22-15-7-1-2-8-16(15)24/h1-3,6-9,12-13H,4-5,10-11H2,(H2,20,25). The van der Waals surface area contributed by atoms with Crippen LogP contribution < -0.4 is 5.73 Å². The van der Waals surface area contributed by atoms with Gasteiger partial charge in [-0.2, -0.15) is 0 Å². The summed E-state index contributed by atoms with van der Waals surface area (Å²) in [6.45, 7) is 1.21. The molecule has 1 saturated heterocycles. The number of likely N-dealkylation sites (tertiary alicyclic amines) is 1. The fourth-order valence-corrected chi connectivity index (χ4v) is 3.58. The van der Waals surface area contributed by atoms with E-state index < -0.39 is 5.91 Å². The number of primary amides is 1. The normalized spacial score (nSPS) is 17.4. The average Bonchev–Trinajstić information content (AvgIpc) is 3.11. The van der Waals surface area contributed by atoms with Gasteiger partial charge >= 0.3 is 0 Å². The number of rotatable bonds is 3. The Morgan fingerprint density at radius 2 is 1.96 bits per heavy atom. The number of nitrogens with two attached hydrogens (primary N) is 1. The Hall–Kier alpha value is -3.22. The Labute approximate surface area is 150 Å². The number of piperidine rings is 1. The third-order valence-corrected chi connectivity index (χ3v) is 4.83. The highest BCUT2D eigenvalue weighted by Gasteiger charge is 2.28. The number of hydrogen-bond acceptors (Lipinski definition) is 4. The molecule has 1 aliphatic heterocycles. The maximum atomic E-state index is 13.0. The minimum Gasteiger partial charge on any atom is -0.364 e. The topological polar surface area (TPSA) is 94.1 Å². The van der Waals surface area contributed by atoms with Gasteiger partial charge in [-0.05, 0) is 37.1 Å². The van der Waals surface area contributed by atoms with E-state index >= 15 is 0 Å². The zero-order chi connectivity index (χ0) is 18.1. The monoisotopic (exact) mass is 349 g/mol. The molecule has 7 heteroatoms. The van der Waals surface area contributed by atoms with Gasteiger partial charge in [0.15, 0.2) is 0 Å². The van der Waals surface area contributed by atoms with E-state index in [4.69, 9.17) is 5.73 Å². The molecule has 0 bridgehead atoms. The van der Waals surface area contributed by atoms with Gasteiger partial charge in [0, 0.05) is 19.3 Å². The van der Waals surface area contributed by atoms with E-state index in [1.807, 2.05) is 30.6 Å². The molecule has 2 aromatic heterocycles. The van der Waals surface area contributed by atoms with Crippen LogP contribution in [0.3, 0.4) is 0 Å². The number of fused-ring (bicyclic) bond motifs is 1. The molecule has 4 rings (SSSR count). The zero-order valence-electron chi connectivity index (χ0n) is 14.2. The molecule has 0 aliphatic carbocycles. The number of para-hydroxylation sites is 2. The number of imidazole rings is 1. The van der Waals surface area contributed by atoms with Crippen LogP contribution in [0.1, 0.15) is 39.7 Å². The highest BCUT2D eigenvalue weighted by molar-refractivity contribution is 6.05. The van der Waals surface area contributed by atoms with Gasteiger partial charge in [0.2, 0.25) is 0 Å². The van der Waals surface area contributed by atoms with Crippen molar-refractivity contribution in [1.82, 2.24) is 19.4 Å². The Kier molecular flexibility index (Phi) is 4.12. The van der Waals surface area contributed by atoms with Crippen molar-refractivity contribution in [3.8, 4) is 0 Å². The molecule has 1 unspecified atom stereocenters. The van der Waals surface area contributed by atoms with E-state index in [2.05, 4.69) is 14.5 Å². The molecule has 7 nitrogen and oxygen atoms in total. The number of benzene rings is 1. The Balaban J connectivity index is 1.61. The van der Waals surface area contributed by atoms with Gasteiger partial charge in [-0.1, -0.05) is 12.1 Å². The third-order valence-electron chi connectivity index (χ3n) is 4.83. The van der Waals surface area contributed by atoms with Crippen LogP contribution in [0.2, 0.25) is 0 Å². The molecule has 0 radical (unpaired) electrons. The predicted molar refractivity (Wildman–Crippen MR) is 96.7 cm³/mol. The number of nitrogens with zero attached hydrogens (tertiary/aromatic N) is 4. The molecular formula is C19H19N5O2. The number of amides is 2. The number of pyridine rings is 1. The molecule has 1 aromatic carbocycles. The molecule has 1 aliphatic rings. The van der Waals surface area contributed by atoms with E-state index in [-0.39, 0.29) is 23.2 Å². The molecular weight excluding hydrogens is 330 g/mol. The first-order valence-electron chi connectivity index (χ1n) is 8.61. The first kappa shape index (κ1) is 16.3. The van der Waals surface area contributed by atoms with Gasteiger partial charge in [0.25, 0.3) is 11.8 Å². The third kappa shape index (κ3) is 2.81. The quantitative estimate of drug-likeness (QED) is 0.782. The van der Waals surface area contributed by atoms with Crippen LogP contribution in [-0.2, 0) is 0 Å². The number of aromatic nitrogens is 3. The van der Waals surface area contributed by atoms with Gasteiger partial charge in [-0.15, -0.1) is 0 Å². The van der Waals surface area contributed by atoms with Gasteiger partial charge in [0.05, 0.1) is 29.0 Å². The van der Waals surface area contributed by atoms with Gasteiger partial charge in [0.1, 0.15) is 5.69 Å². The summed E-state index contributed by atoms with van der Waals surface area (Å²) in [5.74, 6) is -0.899. The Morgan fingerprint density at radius 1 is 1.12 bits per heavy atom. The van der Waals surface area contributed by atoms with E-state index in [1.165, 1.54) is 6.20 Å². The summed E-state index contributed by atoms with van der Waals surface area (Å²) >= 11 is 0. The lowest BCUT2D eigenvalue weighted by Gasteiger charge is -2.34. The summed E-state index contributed by atoms with van der Waals surface area (Å²) in [4.78, 5) is 34.7. The van der Waals surface area contributed by atoms with Crippen LogP contribution in [0.25, 0.3) is 11.0 Å². The fraction of sp³-hybridized carbons (Fsp3) is 0.263. The summed E-state index contributed by atoms with van der Waals surface area (Å²) in [5, 5.41) is 0. The van der Waals surface area contributed by atoms with Crippen molar-refractivity contribution >= 4 is 22.8 Å². The predicted octanol–water partition coefficient (Wildman–Crippen LogP) is 2.01. The minimum absolute atomic E-state index is 0.0210. The maximum Gasteiger partial charge on any atom is 0.268 e. The van der Waals surface area contributed by atoms with Crippen molar-refractivity contribution in [3.05, 3.63) is 60.2 Å². The number of carbonyl (C=O) groups excluding carboxylic acids is 2. The van der Waals surface area contributed by atoms with Gasteiger partial charge < -0.3 is 15.2 Å². The first-order valence-corrected chi connectivity index (χ1v) is 8.61. The number of carbonyl (C=O) groups is 2. The van der Waals surface area contributed by atoms with Crippen LogP contribution in [0.4, 0.5) is 0 Å². The minimum atomic E-state index is -0.692. The second-order valence-corrected chi connectivity index (χ2v) is 6.45. The van der Waals surface area contributed by atoms with Crippen LogP contribution >= 0.6 is 0 Å². The highest BCUT2D eigenvalue weighted by Crippen LogP contribution is 2.26. The molecule has 2 N–H and O–H groups in total. The molecule has 0 saturated carbocycles. The smallest absolute Gasteiger partial charge is 0.268 e. The summed E-state index contributed by atoms with van der Waals surface area (Å²) in [5.41, 5.74) is 7.65. The van der Waals surface area contributed by atoms with Crippen LogP contribution in [0.15, 0.2) is 48.9 Å². The second kappa shape index (κ2) is 6.59. The molecule has 1 fully saturated rings. The SMILES string of the molecule is NC(=O)c1ncccc1C(=O)N1CCCC(n2cnc3ccccc32)C1. The summed E-state index contributed by atoms with van der Waals surface area (Å²) < 4.78 is 2.13. The van der Waals surface area contributed by atoms with E-state index in [0.29, 0.717) is 13.1 Å². The van der Waals surface area contributed by atoms with Gasteiger partial charge in [-0.25, -0.2) is 4.98 Å². The molecule has 3 heterocycles. The van der Waals surface area contributed by atoms with Crippen LogP contribution in [0.5, 0.6) is 0 Å². The lowest BCUT2D eigenvalue weighted by Crippen LogP contribution is -2.41. The van der Waals surface area contributed by atoms with Crippen molar-refractivity contribution < 1.29 is 9.59 Å². The van der Waals surface area contributed by atoms with Gasteiger partial charge in [-0.3, -0.25) is 14.6 Å². The summed E-state index contributed by atoms with van der Waals surface area (Å²) in [6, 6.07) is 11.4. The fourth-order valence-electron chi connectivity index (χ4n) is 3.58. The molecule has 3 aromatic rings. The van der Waals surface area contributed by atoms with Crippen LogP contribution in [0, 0.1) is 0 Å². The molecule has 0 spiro atoms. The largest absolute Gasteiger partial charge is 0.364 e. The first-order chi connectivity index (χ1) is 12.6. The van der Waals surface area contributed by atoms with Crippen molar-refractivity contribution in [2.45, 2.75) is 18.9 Å². The molecule has 1 atom stereocenters. The molecule has 132 valence electrons. The molecule has 26 heavy (non-hydrogen) atoms. The summed E-state index contributed by atoms with van der Waals surface area (Å²) in [6.07, 6.45) is 5.16. The van der Waals surface area contributed by atoms with E-state index in [0.717, 1.165) is 23.9 Å². The van der Waals surface area contributed by atoms with Crippen molar-refractivity contribution in [1.29, 1.82) is 0 Å². The van der Waals surface area contributed by atoms with Crippen molar-refractivity contribution in [3.63, 3.8) is 0 Å². The van der Waals surface area contributed by atoms with Crippen LogP contribution in [-0.4, -0.2) is 44.3 Å². The maximum absolute atomic E-state index is 13.0. The van der Waals surface area contributed by atoms with E-state index in [1.54, 1.807) is 17.0 Å². The van der Waals surface area contributed by atoms with Crippen molar-refractivity contribution in [2.75, 3.05) is 13.1 Å². The number of hydrogen-bond donors (Lipinski definition) is 1. The Bertz CT molecular complexity index is 981. The lowest BCUT2D eigenvalue weighted by molar-refractivity contribution is 0.0676. The van der Waals surface area contributed by atoms with E-state index in [9.17, 15) is 9.59 Å². The second-order valence-electron chi connectivity index (χ2n) is 6.45. The molecule has 2 amide bonds. The average molecular weight is 349 g/mol.